The Kier molecular flexibility index (Phi) is 3.07. The Hall–Kier alpha value is -1.28. The summed E-state index contributed by atoms with van der Waals surface area (Å²) in [6, 6.07) is 6.72. The minimum atomic E-state index is 0.969. The smallest absolute Gasteiger partial charge is 0.0426 e. The third-order valence-electron chi connectivity index (χ3n) is 2.71. The molecule has 0 aliphatic carbocycles. The Morgan fingerprint density at radius 2 is 2.27 bits per heavy atom. The standard InChI is InChI=1S/C13H18N2/c1-3-14-9-11-4-5-12-6-7-15(2)10-13(12)8-11/h4-8,14H,3,9-10H2,1-2H3. The van der Waals surface area contributed by atoms with Gasteiger partial charge in [0.2, 0.25) is 0 Å². The van der Waals surface area contributed by atoms with Crippen LogP contribution in [0.3, 0.4) is 0 Å². The molecule has 1 heterocycles. The molecule has 1 aromatic carbocycles. The Bertz CT molecular complexity index is 369. The number of hydrogen-bond acceptors (Lipinski definition) is 2. The van der Waals surface area contributed by atoms with Gasteiger partial charge in [-0.15, -0.1) is 0 Å². The monoisotopic (exact) mass is 202 g/mol. The molecule has 2 nitrogen and oxygen atoms in total. The van der Waals surface area contributed by atoms with E-state index in [-0.39, 0.29) is 0 Å². The van der Waals surface area contributed by atoms with Crippen molar-refractivity contribution < 1.29 is 0 Å². The molecule has 1 N–H and O–H groups in total. The first-order valence-corrected chi connectivity index (χ1v) is 5.50. The van der Waals surface area contributed by atoms with Crippen molar-refractivity contribution in [2.45, 2.75) is 20.0 Å². The normalized spacial score (nSPS) is 14.1. The third-order valence-corrected chi connectivity index (χ3v) is 2.71. The molecule has 0 fully saturated rings. The summed E-state index contributed by atoms with van der Waals surface area (Å²) in [7, 11) is 2.11. The molecule has 0 unspecified atom stereocenters. The molecule has 0 atom stereocenters. The van der Waals surface area contributed by atoms with Crippen LogP contribution in [0.15, 0.2) is 24.4 Å². The van der Waals surface area contributed by atoms with E-state index in [0.717, 1.165) is 19.6 Å². The van der Waals surface area contributed by atoms with Crippen molar-refractivity contribution in [1.82, 2.24) is 10.2 Å². The highest BCUT2D eigenvalue weighted by atomic mass is 15.1. The van der Waals surface area contributed by atoms with E-state index < -0.39 is 0 Å². The van der Waals surface area contributed by atoms with Crippen molar-refractivity contribution in [3.63, 3.8) is 0 Å². The minimum absolute atomic E-state index is 0.969. The number of hydrogen-bond donors (Lipinski definition) is 1. The minimum Gasteiger partial charge on any atom is -0.376 e. The quantitative estimate of drug-likeness (QED) is 0.808. The molecule has 0 radical (unpaired) electrons. The first kappa shape index (κ1) is 10.2. The van der Waals surface area contributed by atoms with Gasteiger partial charge in [0.05, 0.1) is 0 Å². The van der Waals surface area contributed by atoms with Gasteiger partial charge in [-0.05, 0) is 35.5 Å². The number of nitrogens with zero attached hydrogens (tertiary/aromatic N) is 1. The summed E-state index contributed by atoms with van der Waals surface area (Å²) in [5.41, 5.74) is 4.16. The molecule has 1 aliphatic rings. The predicted molar refractivity (Wildman–Crippen MR) is 64.3 cm³/mol. The molecule has 2 heteroatoms. The van der Waals surface area contributed by atoms with Crippen molar-refractivity contribution in [2.24, 2.45) is 0 Å². The fourth-order valence-electron chi connectivity index (χ4n) is 1.87. The van der Waals surface area contributed by atoms with Gasteiger partial charge in [-0.2, -0.15) is 0 Å². The molecule has 15 heavy (non-hydrogen) atoms. The van der Waals surface area contributed by atoms with Gasteiger partial charge in [-0.25, -0.2) is 0 Å². The molecule has 1 aromatic rings. The highest BCUT2D eigenvalue weighted by Gasteiger charge is 2.07. The van der Waals surface area contributed by atoms with Gasteiger partial charge in [0, 0.05) is 20.1 Å². The lowest BCUT2D eigenvalue weighted by atomic mass is 10.0. The Labute approximate surface area is 91.6 Å². The van der Waals surface area contributed by atoms with E-state index in [2.05, 4.69) is 54.7 Å². The zero-order valence-corrected chi connectivity index (χ0v) is 9.46. The summed E-state index contributed by atoms with van der Waals surface area (Å²) >= 11 is 0. The zero-order chi connectivity index (χ0) is 10.7. The van der Waals surface area contributed by atoms with E-state index in [1.54, 1.807) is 0 Å². The average Bonchev–Trinajstić information content (AvgIpc) is 2.25. The van der Waals surface area contributed by atoms with Gasteiger partial charge < -0.3 is 10.2 Å². The average molecular weight is 202 g/mol. The van der Waals surface area contributed by atoms with Crippen LogP contribution in [0.2, 0.25) is 0 Å². The second-order valence-corrected chi connectivity index (χ2v) is 4.04. The van der Waals surface area contributed by atoms with Crippen LogP contribution in [-0.2, 0) is 13.1 Å². The number of benzene rings is 1. The van der Waals surface area contributed by atoms with Gasteiger partial charge in [-0.3, -0.25) is 0 Å². The second kappa shape index (κ2) is 4.49. The van der Waals surface area contributed by atoms with Gasteiger partial charge in [0.1, 0.15) is 0 Å². The van der Waals surface area contributed by atoms with E-state index in [0.29, 0.717) is 0 Å². The summed E-state index contributed by atoms with van der Waals surface area (Å²) in [6.45, 7) is 5.15. The molecule has 0 bridgehead atoms. The van der Waals surface area contributed by atoms with Crippen molar-refractivity contribution in [3.8, 4) is 0 Å². The molecule has 2 rings (SSSR count). The van der Waals surface area contributed by atoms with E-state index >= 15 is 0 Å². The third kappa shape index (κ3) is 2.39. The molecule has 1 aliphatic heterocycles. The molecule has 80 valence electrons. The largest absolute Gasteiger partial charge is 0.376 e. The summed E-state index contributed by atoms with van der Waals surface area (Å²) in [5.74, 6) is 0. The maximum Gasteiger partial charge on any atom is 0.0426 e. The highest BCUT2D eigenvalue weighted by Crippen LogP contribution is 2.19. The first-order valence-electron chi connectivity index (χ1n) is 5.50. The van der Waals surface area contributed by atoms with Crippen molar-refractivity contribution in [3.05, 3.63) is 41.1 Å². The van der Waals surface area contributed by atoms with Gasteiger partial charge in [0.15, 0.2) is 0 Å². The molecule has 0 amide bonds. The fourth-order valence-corrected chi connectivity index (χ4v) is 1.87. The van der Waals surface area contributed by atoms with E-state index in [1.807, 2.05) is 0 Å². The maximum absolute atomic E-state index is 3.35. The van der Waals surface area contributed by atoms with Crippen LogP contribution in [-0.4, -0.2) is 18.5 Å². The highest BCUT2D eigenvalue weighted by molar-refractivity contribution is 5.56. The first-order chi connectivity index (χ1) is 7.29. The number of nitrogens with one attached hydrogen (secondary N) is 1. The van der Waals surface area contributed by atoms with Crippen LogP contribution in [0.1, 0.15) is 23.6 Å². The van der Waals surface area contributed by atoms with Crippen LogP contribution < -0.4 is 5.32 Å². The SMILES string of the molecule is CCNCc1ccc2c(c1)CN(C)C=C2. The maximum atomic E-state index is 3.35. The van der Waals surface area contributed by atoms with Crippen LogP contribution in [0.25, 0.3) is 6.08 Å². The van der Waals surface area contributed by atoms with E-state index in [4.69, 9.17) is 0 Å². The number of fused-ring (bicyclic) bond motifs is 1. The number of rotatable bonds is 3. The summed E-state index contributed by atoms with van der Waals surface area (Å²) in [4.78, 5) is 2.21. The molecule has 0 saturated carbocycles. The molecule has 0 aromatic heterocycles. The van der Waals surface area contributed by atoms with Crippen LogP contribution in [0.5, 0.6) is 0 Å². The fraction of sp³-hybridized carbons (Fsp3) is 0.385. The van der Waals surface area contributed by atoms with Crippen molar-refractivity contribution in [2.75, 3.05) is 13.6 Å². The molecular formula is C13H18N2. The van der Waals surface area contributed by atoms with Crippen molar-refractivity contribution in [1.29, 1.82) is 0 Å². The Balaban J connectivity index is 2.18. The van der Waals surface area contributed by atoms with Crippen LogP contribution in [0.4, 0.5) is 0 Å². The molecule has 0 saturated heterocycles. The lowest BCUT2D eigenvalue weighted by molar-refractivity contribution is 0.447. The Morgan fingerprint density at radius 1 is 1.40 bits per heavy atom. The lowest BCUT2D eigenvalue weighted by Crippen LogP contribution is -2.16. The lowest BCUT2D eigenvalue weighted by Gasteiger charge is -2.21. The van der Waals surface area contributed by atoms with E-state index in [9.17, 15) is 0 Å². The molecular weight excluding hydrogens is 184 g/mol. The summed E-state index contributed by atoms with van der Waals surface area (Å²) in [6.07, 6.45) is 4.31. The topological polar surface area (TPSA) is 15.3 Å². The summed E-state index contributed by atoms with van der Waals surface area (Å²) in [5, 5.41) is 3.35. The second-order valence-electron chi connectivity index (χ2n) is 4.04. The molecule has 0 spiro atoms. The van der Waals surface area contributed by atoms with Gasteiger partial charge in [-0.1, -0.05) is 25.1 Å². The van der Waals surface area contributed by atoms with Crippen LogP contribution in [0, 0.1) is 0 Å². The summed E-state index contributed by atoms with van der Waals surface area (Å²) < 4.78 is 0. The van der Waals surface area contributed by atoms with Gasteiger partial charge in [0.25, 0.3) is 0 Å². The predicted octanol–water partition coefficient (Wildman–Crippen LogP) is 2.21. The van der Waals surface area contributed by atoms with Crippen LogP contribution >= 0.6 is 0 Å². The van der Waals surface area contributed by atoms with Crippen molar-refractivity contribution >= 4 is 6.08 Å². The Morgan fingerprint density at radius 3 is 3.07 bits per heavy atom. The van der Waals surface area contributed by atoms with Gasteiger partial charge >= 0.3 is 0 Å². The van der Waals surface area contributed by atoms with E-state index in [1.165, 1.54) is 16.7 Å². The zero-order valence-electron chi connectivity index (χ0n) is 9.46.